The highest BCUT2D eigenvalue weighted by Crippen LogP contribution is 2.24. The van der Waals surface area contributed by atoms with Crippen molar-refractivity contribution in [3.8, 4) is 0 Å². The highest BCUT2D eigenvalue weighted by atomic mass is 32.1. The van der Waals surface area contributed by atoms with Crippen molar-refractivity contribution >= 4 is 27.5 Å². The molecule has 8 heteroatoms. The Morgan fingerprint density at radius 3 is 2.89 bits per heavy atom. The second-order valence-corrected chi connectivity index (χ2v) is 4.71. The molecule has 0 fully saturated rings. The van der Waals surface area contributed by atoms with E-state index in [-0.39, 0.29) is 16.2 Å². The van der Waals surface area contributed by atoms with E-state index in [1.807, 2.05) is 0 Å². The third-order valence-corrected chi connectivity index (χ3v) is 3.07. The molecule has 0 aliphatic carbocycles. The standard InChI is InChI=1S/C10H16N4O3S/c1-2-3-4-5-6-11-9(15)13-10-12-7-8(18-10)14(16)17/h7H,2-6H2,1H3,(H2,11,12,13,15). The first-order valence-electron chi connectivity index (χ1n) is 5.78. The predicted octanol–water partition coefficient (Wildman–Crippen LogP) is 2.75. The van der Waals surface area contributed by atoms with E-state index in [0.29, 0.717) is 6.54 Å². The molecule has 0 aromatic carbocycles. The van der Waals surface area contributed by atoms with E-state index >= 15 is 0 Å². The number of amides is 2. The van der Waals surface area contributed by atoms with E-state index in [1.54, 1.807) is 0 Å². The second-order valence-electron chi connectivity index (χ2n) is 3.70. The van der Waals surface area contributed by atoms with Crippen molar-refractivity contribution < 1.29 is 9.72 Å². The van der Waals surface area contributed by atoms with Crippen LogP contribution in [0.1, 0.15) is 32.6 Å². The van der Waals surface area contributed by atoms with Crippen molar-refractivity contribution in [3.63, 3.8) is 0 Å². The summed E-state index contributed by atoms with van der Waals surface area (Å²) in [5.41, 5.74) is 0. The summed E-state index contributed by atoms with van der Waals surface area (Å²) in [4.78, 5) is 25.0. The van der Waals surface area contributed by atoms with E-state index in [9.17, 15) is 14.9 Å². The summed E-state index contributed by atoms with van der Waals surface area (Å²) in [7, 11) is 0. The van der Waals surface area contributed by atoms with Crippen LogP contribution in [0, 0.1) is 10.1 Å². The van der Waals surface area contributed by atoms with Gasteiger partial charge >= 0.3 is 11.0 Å². The molecule has 0 bridgehead atoms. The van der Waals surface area contributed by atoms with Gasteiger partial charge in [-0.2, -0.15) is 0 Å². The van der Waals surface area contributed by atoms with E-state index < -0.39 is 4.92 Å². The van der Waals surface area contributed by atoms with Crippen LogP contribution in [0.15, 0.2) is 6.20 Å². The average Bonchev–Trinajstić information content (AvgIpc) is 2.77. The van der Waals surface area contributed by atoms with Crippen molar-refractivity contribution in [3.05, 3.63) is 16.3 Å². The van der Waals surface area contributed by atoms with Gasteiger partial charge in [0.2, 0.25) is 0 Å². The van der Waals surface area contributed by atoms with Crippen LogP contribution >= 0.6 is 11.3 Å². The van der Waals surface area contributed by atoms with Crippen molar-refractivity contribution in [2.24, 2.45) is 0 Å². The lowest BCUT2D eigenvalue weighted by Gasteiger charge is -2.04. The largest absolute Gasteiger partial charge is 0.345 e. The van der Waals surface area contributed by atoms with Gasteiger partial charge in [0.05, 0.1) is 4.92 Å². The summed E-state index contributed by atoms with van der Waals surface area (Å²) < 4.78 is 0. The molecule has 1 heterocycles. The van der Waals surface area contributed by atoms with Crippen LogP contribution in [-0.2, 0) is 0 Å². The summed E-state index contributed by atoms with van der Waals surface area (Å²) in [5.74, 6) is 0. The maximum Gasteiger partial charge on any atom is 0.345 e. The lowest BCUT2D eigenvalue weighted by molar-refractivity contribution is -0.380. The molecule has 0 spiro atoms. The quantitative estimate of drug-likeness (QED) is 0.453. The molecule has 0 aliphatic rings. The highest BCUT2D eigenvalue weighted by Gasteiger charge is 2.12. The van der Waals surface area contributed by atoms with Gasteiger partial charge in [-0.05, 0) is 17.8 Å². The van der Waals surface area contributed by atoms with Crippen LogP contribution in [0.4, 0.5) is 14.9 Å². The van der Waals surface area contributed by atoms with Crippen LogP contribution < -0.4 is 10.6 Å². The number of thiazole rings is 1. The number of anilines is 1. The topological polar surface area (TPSA) is 97.2 Å². The lowest BCUT2D eigenvalue weighted by atomic mass is 10.2. The zero-order chi connectivity index (χ0) is 13.4. The number of carbonyl (C=O) groups excluding carboxylic acids is 1. The van der Waals surface area contributed by atoms with Gasteiger partial charge in [0.1, 0.15) is 6.20 Å². The van der Waals surface area contributed by atoms with Crippen molar-refractivity contribution in [1.29, 1.82) is 0 Å². The third kappa shape index (κ3) is 5.09. The summed E-state index contributed by atoms with van der Waals surface area (Å²) in [5, 5.41) is 15.7. The molecule has 1 aromatic rings. The van der Waals surface area contributed by atoms with Gasteiger partial charge in [-0.1, -0.05) is 26.2 Å². The number of aromatic nitrogens is 1. The number of urea groups is 1. The van der Waals surface area contributed by atoms with Gasteiger partial charge in [-0.3, -0.25) is 15.4 Å². The van der Waals surface area contributed by atoms with E-state index in [4.69, 9.17) is 0 Å². The molecule has 1 aromatic heterocycles. The molecule has 0 unspecified atom stereocenters. The van der Waals surface area contributed by atoms with Crippen LogP contribution in [0.5, 0.6) is 0 Å². The number of hydrogen-bond donors (Lipinski definition) is 2. The molecule has 0 atom stereocenters. The highest BCUT2D eigenvalue weighted by molar-refractivity contribution is 7.18. The first-order valence-corrected chi connectivity index (χ1v) is 6.60. The molecule has 0 aliphatic heterocycles. The molecule has 1 rings (SSSR count). The monoisotopic (exact) mass is 272 g/mol. The molecule has 7 nitrogen and oxygen atoms in total. The Morgan fingerprint density at radius 1 is 1.50 bits per heavy atom. The van der Waals surface area contributed by atoms with Crippen molar-refractivity contribution in [2.75, 3.05) is 11.9 Å². The minimum absolute atomic E-state index is 0.0896. The van der Waals surface area contributed by atoms with Crippen LogP contribution in [-0.4, -0.2) is 22.5 Å². The Labute approximate surface area is 109 Å². The van der Waals surface area contributed by atoms with Gasteiger partial charge in [-0.15, -0.1) is 0 Å². The number of nitro groups is 1. The van der Waals surface area contributed by atoms with Gasteiger partial charge in [0.15, 0.2) is 5.13 Å². The van der Waals surface area contributed by atoms with Crippen molar-refractivity contribution in [2.45, 2.75) is 32.6 Å². The zero-order valence-electron chi connectivity index (χ0n) is 10.1. The predicted molar refractivity (Wildman–Crippen MR) is 69.9 cm³/mol. The molecule has 0 saturated carbocycles. The Bertz CT molecular complexity index is 408. The summed E-state index contributed by atoms with van der Waals surface area (Å²) >= 11 is 0.835. The first-order chi connectivity index (χ1) is 8.63. The smallest absolute Gasteiger partial charge is 0.338 e. The molecule has 100 valence electrons. The Hall–Kier alpha value is -1.70. The molecule has 18 heavy (non-hydrogen) atoms. The molecular formula is C10H16N4O3S. The number of hydrogen-bond acceptors (Lipinski definition) is 5. The average molecular weight is 272 g/mol. The first kappa shape index (κ1) is 14.4. The Kier molecular flexibility index (Phi) is 6.06. The number of unbranched alkanes of at least 4 members (excludes halogenated alkanes) is 3. The summed E-state index contributed by atoms with van der Waals surface area (Å²) in [6.45, 7) is 2.72. The summed E-state index contributed by atoms with van der Waals surface area (Å²) in [6.07, 6.45) is 5.44. The lowest BCUT2D eigenvalue weighted by Crippen LogP contribution is -2.29. The number of carbonyl (C=O) groups is 1. The van der Waals surface area contributed by atoms with Crippen LogP contribution in [0.3, 0.4) is 0 Å². The van der Waals surface area contributed by atoms with Gasteiger partial charge in [0, 0.05) is 6.54 Å². The maximum atomic E-state index is 11.4. The zero-order valence-corrected chi connectivity index (χ0v) is 11.0. The maximum absolute atomic E-state index is 11.4. The molecular weight excluding hydrogens is 256 g/mol. The number of rotatable bonds is 7. The SMILES string of the molecule is CCCCCCNC(=O)Nc1ncc([N+](=O)[O-])s1. The molecule has 2 N–H and O–H groups in total. The van der Waals surface area contributed by atoms with Gasteiger partial charge in [-0.25, -0.2) is 9.78 Å². The molecule has 2 amide bonds. The van der Waals surface area contributed by atoms with Crippen LogP contribution in [0.2, 0.25) is 0 Å². The second kappa shape index (κ2) is 7.59. The van der Waals surface area contributed by atoms with Gasteiger partial charge < -0.3 is 5.32 Å². The Balaban J connectivity index is 2.24. The third-order valence-electron chi connectivity index (χ3n) is 2.21. The Morgan fingerprint density at radius 2 is 2.28 bits per heavy atom. The summed E-state index contributed by atoms with van der Waals surface area (Å²) in [6, 6.07) is -0.379. The fourth-order valence-electron chi connectivity index (χ4n) is 1.30. The fraction of sp³-hybridized carbons (Fsp3) is 0.600. The van der Waals surface area contributed by atoms with Crippen LogP contribution in [0.25, 0.3) is 0 Å². The van der Waals surface area contributed by atoms with E-state index in [0.717, 1.165) is 43.2 Å². The van der Waals surface area contributed by atoms with E-state index in [2.05, 4.69) is 22.5 Å². The normalized spacial score (nSPS) is 10.1. The van der Waals surface area contributed by atoms with E-state index in [1.165, 1.54) is 0 Å². The van der Waals surface area contributed by atoms with Gasteiger partial charge in [0.25, 0.3) is 0 Å². The number of nitrogens with one attached hydrogen (secondary N) is 2. The molecule has 0 radical (unpaired) electrons. The fourth-order valence-corrected chi connectivity index (χ4v) is 1.93. The molecule has 0 saturated heterocycles. The minimum atomic E-state index is -0.536. The number of nitrogens with zero attached hydrogens (tertiary/aromatic N) is 2. The minimum Gasteiger partial charge on any atom is -0.338 e. The van der Waals surface area contributed by atoms with Crippen molar-refractivity contribution in [1.82, 2.24) is 10.3 Å².